The summed E-state index contributed by atoms with van der Waals surface area (Å²) >= 11 is 0. The van der Waals surface area contributed by atoms with Gasteiger partial charge in [0.05, 0.1) is 18.7 Å². The Balaban J connectivity index is 0.000000247. The number of hydrogen-bond donors (Lipinski definition) is 2. The first-order valence-corrected chi connectivity index (χ1v) is 12.0. The van der Waals surface area contributed by atoms with Gasteiger partial charge < -0.3 is 24.8 Å². The largest absolute Gasteiger partial charge is 0.444 e. The molecule has 0 bridgehead atoms. The summed E-state index contributed by atoms with van der Waals surface area (Å²) in [6.07, 6.45) is 0.798. The number of aliphatic hydroxyl groups is 1. The molecular weight excluding hydrogens is 444 g/mol. The average Bonchev–Trinajstić information content (AvgIpc) is 3.52. The molecule has 1 aliphatic heterocycles. The van der Waals surface area contributed by atoms with E-state index in [1.54, 1.807) is 25.7 Å². The quantitative estimate of drug-likeness (QED) is 0.566. The first-order valence-electron chi connectivity index (χ1n) is 12.0. The number of hydrogen-bond acceptors (Lipinski definition) is 5. The Kier molecular flexibility index (Phi) is 10.1. The topological polar surface area (TPSA) is 87.9 Å². The van der Waals surface area contributed by atoms with Crippen LogP contribution in [0.3, 0.4) is 0 Å². The second kappa shape index (κ2) is 12.6. The lowest BCUT2D eigenvalue weighted by Crippen LogP contribution is -2.42. The van der Waals surface area contributed by atoms with Crippen molar-refractivity contribution in [1.82, 2.24) is 10.2 Å². The van der Waals surface area contributed by atoms with Crippen LogP contribution in [0.5, 0.6) is 0 Å². The van der Waals surface area contributed by atoms with Gasteiger partial charge in [-0.15, -0.1) is 0 Å². The van der Waals surface area contributed by atoms with Crippen LogP contribution in [-0.2, 0) is 22.3 Å². The van der Waals surface area contributed by atoms with E-state index in [0.717, 1.165) is 18.5 Å². The minimum Gasteiger partial charge on any atom is -0.444 e. The monoisotopic (exact) mass is 484 g/mol. The molecule has 0 radical (unpaired) electrons. The Morgan fingerprint density at radius 3 is 1.91 bits per heavy atom. The molecule has 3 rings (SSSR count). The van der Waals surface area contributed by atoms with Gasteiger partial charge in [-0.05, 0) is 65.5 Å². The maximum absolute atomic E-state index is 11.7. The van der Waals surface area contributed by atoms with Crippen molar-refractivity contribution in [1.29, 1.82) is 0 Å². The standard InChI is InChI=1S/C14H21NO3.C14H19NO2/c1-14(2,3)18-13(17)15-12(10-16)9-11-7-5-4-6-8-11;1-14(2,3)17-13(16)15-10-12(15)9-11-7-5-4-6-8-11/h4-8,12,16H,9-10H2,1-3H3,(H,15,17);4-8,12H,9-10H2,1-3H3/t12-;12-,15?/m00/s1. The number of aliphatic hydroxyl groups excluding tert-OH is 1. The minimum absolute atomic E-state index is 0.117. The predicted molar refractivity (Wildman–Crippen MR) is 137 cm³/mol. The highest BCUT2D eigenvalue weighted by Gasteiger charge is 2.40. The number of carbonyl (C=O) groups excluding carboxylic acids is 2. The Bertz CT molecular complexity index is 920. The van der Waals surface area contributed by atoms with E-state index in [2.05, 4.69) is 17.4 Å². The maximum Gasteiger partial charge on any atom is 0.410 e. The number of benzene rings is 2. The molecule has 1 heterocycles. The summed E-state index contributed by atoms with van der Waals surface area (Å²) in [6, 6.07) is 19.9. The van der Waals surface area contributed by atoms with Crippen LogP contribution in [0.25, 0.3) is 0 Å². The highest BCUT2D eigenvalue weighted by atomic mass is 16.6. The molecule has 7 heteroatoms. The van der Waals surface area contributed by atoms with Crippen LogP contribution < -0.4 is 5.32 Å². The minimum atomic E-state index is -0.531. The molecule has 2 aromatic rings. The summed E-state index contributed by atoms with van der Waals surface area (Å²) in [5.41, 5.74) is 1.39. The lowest BCUT2D eigenvalue weighted by molar-refractivity contribution is 0.0405. The molecular formula is C28H40N2O5. The van der Waals surface area contributed by atoms with Crippen LogP contribution in [0.4, 0.5) is 9.59 Å². The molecule has 0 aromatic heterocycles. The molecule has 7 nitrogen and oxygen atoms in total. The van der Waals surface area contributed by atoms with Gasteiger partial charge >= 0.3 is 12.2 Å². The number of ether oxygens (including phenoxy) is 2. The van der Waals surface area contributed by atoms with Crippen molar-refractivity contribution in [2.75, 3.05) is 13.2 Å². The maximum atomic E-state index is 11.7. The Morgan fingerprint density at radius 1 is 0.914 bits per heavy atom. The summed E-state index contributed by atoms with van der Waals surface area (Å²) < 4.78 is 10.5. The number of nitrogens with zero attached hydrogens (tertiary/aromatic N) is 1. The summed E-state index contributed by atoms with van der Waals surface area (Å²) in [5.74, 6) is 0. The molecule has 0 spiro atoms. The molecule has 2 N–H and O–H groups in total. The third-order valence-electron chi connectivity index (χ3n) is 4.92. The van der Waals surface area contributed by atoms with E-state index in [1.165, 1.54) is 5.56 Å². The molecule has 1 fully saturated rings. The van der Waals surface area contributed by atoms with Crippen molar-refractivity contribution in [2.24, 2.45) is 0 Å². The van der Waals surface area contributed by atoms with Crippen LogP contribution in [0.1, 0.15) is 52.7 Å². The fourth-order valence-electron chi connectivity index (χ4n) is 3.32. The van der Waals surface area contributed by atoms with Gasteiger partial charge in [-0.2, -0.15) is 0 Å². The molecule has 2 amide bonds. The third kappa shape index (κ3) is 11.8. The zero-order valence-electron chi connectivity index (χ0n) is 21.8. The molecule has 2 atom stereocenters. The van der Waals surface area contributed by atoms with E-state index in [1.807, 2.05) is 69.3 Å². The van der Waals surface area contributed by atoms with Crippen molar-refractivity contribution >= 4 is 12.2 Å². The number of carbonyl (C=O) groups is 2. The van der Waals surface area contributed by atoms with E-state index in [0.29, 0.717) is 12.5 Å². The Morgan fingerprint density at radius 2 is 1.43 bits per heavy atom. The second-order valence-corrected chi connectivity index (χ2v) is 10.7. The summed E-state index contributed by atoms with van der Waals surface area (Å²) in [4.78, 5) is 25.1. The molecule has 35 heavy (non-hydrogen) atoms. The molecule has 0 aliphatic carbocycles. The zero-order valence-corrected chi connectivity index (χ0v) is 21.8. The van der Waals surface area contributed by atoms with Crippen molar-refractivity contribution in [3.63, 3.8) is 0 Å². The van der Waals surface area contributed by atoms with Crippen LogP contribution in [0.15, 0.2) is 60.7 Å². The van der Waals surface area contributed by atoms with Crippen molar-refractivity contribution in [3.8, 4) is 0 Å². The molecule has 2 aromatic carbocycles. The van der Waals surface area contributed by atoms with Gasteiger partial charge in [-0.3, -0.25) is 0 Å². The molecule has 1 aliphatic rings. The third-order valence-corrected chi connectivity index (χ3v) is 4.92. The lowest BCUT2D eigenvalue weighted by atomic mass is 10.1. The number of alkyl carbamates (subject to hydrolysis) is 1. The van der Waals surface area contributed by atoms with E-state index < -0.39 is 17.3 Å². The normalized spacial score (nSPS) is 15.9. The highest BCUT2D eigenvalue weighted by molar-refractivity contribution is 5.71. The summed E-state index contributed by atoms with van der Waals surface area (Å²) in [7, 11) is 0. The predicted octanol–water partition coefficient (Wildman–Crippen LogP) is 4.96. The highest BCUT2D eigenvalue weighted by Crippen LogP contribution is 2.24. The molecule has 0 saturated carbocycles. The van der Waals surface area contributed by atoms with Gasteiger partial charge in [0.25, 0.3) is 0 Å². The van der Waals surface area contributed by atoms with Crippen molar-refractivity contribution < 1.29 is 24.2 Å². The number of nitrogens with one attached hydrogen (secondary N) is 1. The first-order chi connectivity index (χ1) is 16.4. The van der Waals surface area contributed by atoms with Crippen LogP contribution in [0.2, 0.25) is 0 Å². The fraction of sp³-hybridized carbons (Fsp3) is 0.500. The smallest absolute Gasteiger partial charge is 0.410 e. The average molecular weight is 485 g/mol. The van der Waals surface area contributed by atoms with Crippen LogP contribution in [-0.4, -0.2) is 58.6 Å². The SMILES string of the molecule is CC(C)(C)OC(=O)N1C[C@@H]1Cc1ccccc1.CC(C)(C)OC(=O)N[C@H](CO)Cc1ccccc1. The summed E-state index contributed by atoms with van der Waals surface area (Å²) in [6.45, 7) is 11.8. The zero-order chi connectivity index (χ0) is 26.1. The number of amides is 2. The van der Waals surface area contributed by atoms with Gasteiger partial charge in [0.2, 0.25) is 0 Å². The van der Waals surface area contributed by atoms with Gasteiger partial charge in [0.15, 0.2) is 0 Å². The van der Waals surface area contributed by atoms with Gasteiger partial charge in [0.1, 0.15) is 11.2 Å². The number of rotatable bonds is 6. The van der Waals surface area contributed by atoms with Gasteiger partial charge in [-0.1, -0.05) is 60.7 Å². The van der Waals surface area contributed by atoms with Crippen LogP contribution in [0, 0.1) is 0 Å². The molecule has 192 valence electrons. The van der Waals surface area contributed by atoms with Crippen LogP contribution >= 0.6 is 0 Å². The van der Waals surface area contributed by atoms with E-state index in [-0.39, 0.29) is 18.7 Å². The van der Waals surface area contributed by atoms with E-state index in [4.69, 9.17) is 9.47 Å². The van der Waals surface area contributed by atoms with Gasteiger partial charge in [-0.25, -0.2) is 9.59 Å². The van der Waals surface area contributed by atoms with Gasteiger partial charge in [0, 0.05) is 6.54 Å². The van der Waals surface area contributed by atoms with E-state index in [9.17, 15) is 14.7 Å². The lowest BCUT2D eigenvalue weighted by Gasteiger charge is -2.22. The van der Waals surface area contributed by atoms with Crippen molar-refractivity contribution in [3.05, 3.63) is 71.8 Å². The molecule has 1 saturated heterocycles. The summed E-state index contributed by atoms with van der Waals surface area (Å²) in [5, 5.41) is 11.9. The fourth-order valence-corrected chi connectivity index (χ4v) is 3.32. The van der Waals surface area contributed by atoms with Crippen molar-refractivity contribution in [2.45, 2.75) is 77.7 Å². The molecule has 0 unspecified atom stereocenters. The Hall–Kier alpha value is -3.06. The first kappa shape index (κ1) is 28.2. The Labute approximate surface area is 209 Å². The second-order valence-electron chi connectivity index (χ2n) is 10.7. The van der Waals surface area contributed by atoms with E-state index >= 15 is 0 Å².